The molecular formula is C11H16BrN3. The van der Waals surface area contributed by atoms with E-state index in [-0.39, 0.29) is 6.04 Å². The van der Waals surface area contributed by atoms with Crippen LogP contribution in [0.4, 0.5) is 0 Å². The van der Waals surface area contributed by atoms with Crippen LogP contribution >= 0.6 is 15.9 Å². The molecule has 1 heterocycles. The van der Waals surface area contributed by atoms with Crippen LogP contribution in [0.5, 0.6) is 0 Å². The van der Waals surface area contributed by atoms with Gasteiger partial charge in [0.2, 0.25) is 0 Å². The van der Waals surface area contributed by atoms with Crippen LogP contribution in [0.1, 0.15) is 24.2 Å². The largest absolute Gasteiger partial charge is 0.324 e. The molecule has 0 saturated carbocycles. The minimum absolute atomic E-state index is 0.257. The lowest BCUT2D eigenvalue weighted by Crippen LogP contribution is -2.11. The summed E-state index contributed by atoms with van der Waals surface area (Å²) in [6.45, 7) is 2.02. The minimum atomic E-state index is 0.257. The van der Waals surface area contributed by atoms with Crippen LogP contribution in [-0.4, -0.2) is 15.8 Å². The van der Waals surface area contributed by atoms with Crippen LogP contribution in [0.25, 0.3) is 0 Å². The van der Waals surface area contributed by atoms with Crippen molar-refractivity contribution in [1.29, 1.82) is 0 Å². The molecule has 1 aromatic rings. The van der Waals surface area contributed by atoms with Crippen molar-refractivity contribution >= 4 is 15.9 Å². The fraction of sp³-hybridized carbons (Fsp3) is 0.545. The Morgan fingerprint density at radius 3 is 2.87 bits per heavy atom. The SMILES string of the molecule is Cc1nn(C)c(CC2=CC(N)CC2)c1Br. The Bertz CT molecular complexity index is 406. The van der Waals surface area contributed by atoms with Crippen LogP contribution in [0.15, 0.2) is 16.1 Å². The molecule has 82 valence electrons. The Hall–Kier alpha value is -0.610. The topological polar surface area (TPSA) is 43.8 Å². The Labute approximate surface area is 98.5 Å². The van der Waals surface area contributed by atoms with Crippen LogP contribution < -0.4 is 5.73 Å². The summed E-state index contributed by atoms with van der Waals surface area (Å²) in [6.07, 6.45) is 5.36. The summed E-state index contributed by atoms with van der Waals surface area (Å²) in [4.78, 5) is 0. The third kappa shape index (κ3) is 2.16. The summed E-state index contributed by atoms with van der Waals surface area (Å²) in [7, 11) is 1.99. The molecule has 0 amide bonds. The highest BCUT2D eigenvalue weighted by atomic mass is 79.9. The molecule has 2 N–H and O–H groups in total. The lowest BCUT2D eigenvalue weighted by Gasteiger charge is -2.03. The van der Waals surface area contributed by atoms with Crippen LogP contribution in [0.2, 0.25) is 0 Å². The summed E-state index contributed by atoms with van der Waals surface area (Å²) >= 11 is 3.58. The van der Waals surface area contributed by atoms with Crippen molar-refractivity contribution in [3.63, 3.8) is 0 Å². The zero-order valence-electron chi connectivity index (χ0n) is 9.13. The molecule has 4 heteroatoms. The maximum atomic E-state index is 5.85. The van der Waals surface area contributed by atoms with E-state index in [9.17, 15) is 0 Å². The summed E-state index contributed by atoms with van der Waals surface area (Å²) in [5.74, 6) is 0. The van der Waals surface area contributed by atoms with E-state index in [4.69, 9.17) is 5.73 Å². The predicted molar refractivity (Wildman–Crippen MR) is 64.6 cm³/mol. The highest BCUT2D eigenvalue weighted by molar-refractivity contribution is 9.10. The number of hydrogen-bond acceptors (Lipinski definition) is 2. The van der Waals surface area contributed by atoms with Crippen LogP contribution in [0.3, 0.4) is 0 Å². The van der Waals surface area contributed by atoms with Gasteiger partial charge in [-0.05, 0) is 35.7 Å². The number of aromatic nitrogens is 2. The number of allylic oxidation sites excluding steroid dienone is 1. The molecule has 2 rings (SSSR count). The minimum Gasteiger partial charge on any atom is -0.324 e. The molecule has 0 spiro atoms. The van der Waals surface area contributed by atoms with Crippen molar-refractivity contribution in [3.8, 4) is 0 Å². The van der Waals surface area contributed by atoms with E-state index in [2.05, 4.69) is 27.1 Å². The van der Waals surface area contributed by atoms with E-state index in [1.165, 1.54) is 11.3 Å². The molecule has 15 heavy (non-hydrogen) atoms. The molecule has 0 fully saturated rings. The summed E-state index contributed by atoms with van der Waals surface area (Å²) in [5, 5.41) is 4.38. The second-order valence-corrected chi connectivity index (χ2v) is 4.97. The average Bonchev–Trinajstić information content (AvgIpc) is 2.67. The first kappa shape index (κ1) is 10.9. The van der Waals surface area contributed by atoms with E-state index in [0.29, 0.717) is 0 Å². The van der Waals surface area contributed by atoms with E-state index < -0.39 is 0 Å². The fourth-order valence-electron chi connectivity index (χ4n) is 2.06. The molecule has 1 unspecified atom stereocenters. The van der Waals surface area contributed by atoms with Gasteiger partial charge in [-0.25, -0.2) is 0 Å². The molecule has 0 bridgehead atoms. The number of aryl methyl sites for hydroxylation is 2. The van der Waals surface area contributed by atoms with Crippen molar-refractivity contribution in [1.82, 2.24) is 9.78 Å². The number of nitrogens with two attached hydrogens (primary N) is 1. The van der Waals surface area contributed by atoms with Gasteiger partial charge in [0.1, 0.15) is 0 Å². The lowest BCUT2D eigenvalue weighted by molar-refractivity contribution is 0.707. The molecule has 0 saturated heterocycles. The average molecular weight is 270 g/mol. The number of rotatable bonds is 2. The molecular weight excluding hydrogens is 254 g/mol. The van der Waals surface area contributed by atoms with Gasteiger partial charge >= 0.3 is 0 Å². The van der Waals surface area contributed by atoms with Gasteiger partial charge in [0.25, 0.3) is 0 Å². The van der Waals surface area contributed by atoms with Gasteiger partial charge < -0.3 is 5.73 Å². The number of halogens is 1. The third-order valence-corrected chi connectivity index (χ3v) is 3.94. The van der Waals surface area contributed by atoms with Gasteiger partial charge in [0, 0.05) is 19.5 Å². The maximum Gasteiger partial charge on any atom is 0.0738 e. The molecule has 0 aliphatic heterocycles. The first-order valence-electron chi connectivity index (χ1n) is 5.21. The van der Waals surface area contributed by atoms with Crippen molar-refractivity contribution < 1.29 is 0 Å². The second kappa shape index (κ2) is 4.10. The van der Waals surface area contributed by atoms with Gasteiger partial charge in [0.15, 0.2) is 0 Å². The molecule has 3 nitrogen and oxygen atoms in total. The van der Waals surface area contributed by atoms with Gasteiger partial charge in [-0.3, -0.25) is 4.68 Å². The normalized spacial score (nSPS) is 20.8. The Morgan fingerprint density at radius 1 is 1.67 bits per heavy atom. The summed E-state index contributed by atoms with van der Waals surface area (Å²) < 4.78 is 3.08. The Kier molecular flexibility index (Phi) is 2.98. The third-order valence-electron chi connectivity index (χ3n) is 2.90. The van der Waals surface area contributed by atoms with Crippen molar-refractivity contribution in [3.05, 3.63) is 27.5 Å². The summed E-state index contributed by atoms with van der Waals surface area (Å²) in [5.41, 5.74) is 9.58. The van der Waals surface area contributed by atoms with Crippen molar-refractivity contribution in [2.24, 2.45) is 12.8 Å². The maximum absolute atomic E-state index is 5.85. The van der Waals surface area contributed by atoms with E-state index >= 15 is 0 Å². The van der Waals surface area contributed by atoms with E-state index in [0.717, 1.165) is 29.4 Å². The second-order valence-electron chi connectivity index (χ2n) is 4.17. The Balaban J connectivity index is 2.21. The monoisotopic (exact) mass is 269 g/mol. The molecule has 0 aromatic carbocycles. The lowest BCUT2D eigenvalue weighted by atomic mass is 10.1. The van der Waals surface area contributed by atoms with Gasteiger partial charge in [-0.2, -0.15) is 5.10 Å². The highest BCUT2D eigenvalue weighted by Gasteiger charge is 2.16. The fourth-order valence-corrected chi connectivity index (χ4v) is 2.53. The van der Waals surface area contributed by atoms with E-state index in [1.54, 1.807) is 0 Å². The highest BCUT2D eigenvalue weighted by Crippen LogP contribution is 2.26. The number of hydrogen-bond donors (Lipinski definition) is 1. The van der Waals surface area contributed by atoms with Crippen LogP contribution in [0, 0.1) is 6.92 Å². The van der Waals surface area contributed by atoms with Gasteiger partial charge in [-0.15, -0.1) is 0 Å². The van der Waals surface area contributed by atoms with Crippen molar-refractivity contribution in [2.75, 3.05) is 0 Å². The van der Waals surface area contributed by atoms with Gasteiger partial charge in [0.05, 0.1) is 15.9 Å². The quantitative estimate of drug-likeness (QED) is 0.836. The molecule has 1 atom stereocenters. The molecule has 1 aromatic heterocycles. The van der Waals surface area contributed by atoms with Gasteiger partial charge in [-0.1, -0.05) is 11.6 Å². The summed E-state index contributed by atoms with van der Waals surface area (Å²) in [6, 6.07) is 0.257. The first-order chi connectivity index (χ1) is 7.08. The molecule has 1 aliphatic rings. The Morgan fingerprint density at radius 2 is 2.40 bits per heavy atom. The standard InChI is InChI=1S/C11H16BrN3/c1-7-11(12)10(15(2)14-7)6-8-3-4-9(13)5-8/h5,9H,3-4,6,13H2,1-2H3. The van der Waals surface area contributed by atoms with Crippen molar-refractivity contribution in [2.45, 2.75) is 32.2 Å². The van der Waals surface area contributed by atoms with Crippen LogP contribution in [-0.2, 0) is 13.5 Å². The zero-order chi connectivity index (χ0) is 11.0. The van der Waals surface area contributed by atoms with E-state index in [1.807, 2.05) is 18.7 Å². The predicted octanol–water partition coefficient (Wildman–Crippen LogP) is 2.08. The first-order valence-corrected chi connectivity index (χ1v) is 6.00. The smallest absolute Gasteiger partial charge is 0.0738 e. The number of nitrogens with zero attached hydrogens (tertiary/aromatic N) is 2. The molecule has 1 aliphatic carbocycles. The zero-order valence-corrected chi connectivity index (χ0v) is 10.7. The molecule has 0 radical (unpaired) electrons.